The molecule has 164 valence electrons. The van der Waals surface area contributed by atoms with Gasteiger partial charge in [-0.05, 0) is 56.2 Å². The van der Waals surface area contributed by atoms with E-state index in [0.717, 1.165) is 30.2 Å². The molecule has 1 aliphatic rings. The van der Waals surface area contributed by atoms with Crippen LogP contribution in [0.25, 0.3) is 0 Å². The van der Waals surface area contributed by atoms with Crippen molar-refractivity contribution >= 4 is 24.1 Å². The number of hydrogen-bond donors (Lipinski definition) is 1. The number of carbonyl (C=O) groups excluding carboxylic acids is 1. The van der Waals surface area contributed by atoms with Crippen LogP contribution in [0.4, 0.5) is 10.5 Å². The van der Waals surface area contributed by atoms with E-state index in [1.165, 1.54) is 16.8 Å². The summed E-state index contributed by atoms with van der Waals surface area (Å²) in [5.41, 5.74) is 4.77. The van der Waals surface area contributed by atoms with Crippen molar-refractivity contribution in [2.24, 2.45) is 0 Å². The SMILES string of the molecule is COc1ccc(OC)c(C(C)NC(=O)N2CCN(c3cccc(C)c3C)CC2)c1.Cl. The van der Waals surface area contributed by atoms with Crippen LogP contribution in [0.15, 0.2) is 36.4 Å². The van der Waals surface area contributed by atoms with Gasteiger partial charge in [-0.2, -0.15) is 0 Å². The Morgan fingerprint density at radius 2 is 1.73 bits per heavy atom. The molecular formula is C23H32ClN3O3. The zero-order valence-corrected chi connectivity index (χ0v) is 19.2. The quantitative estimate of drug-likeness (QED) is 0.762. The third kappa shape index (κ3) is 5.11. The standard InChI is InChI=1S/C23H31N3O3.ClH/c1-16-7-6-8-21(17(16)2)25-11-13-26(14-12-25)23(27)24-18(3)20-15-19(28-4)9-10-22(20)29-5;/h6-10,15,18H,11-14H2,1-5H3,(H,24,27);1H. The second kappa shape index (κ2) is 10.4. The van der Waals surface area contributed by atoms with Crippen LogP contribution in [-0.2, 0) is 0 Å². The third-order valence-electron chi connectivity index (χ3n) is 5.73. The van der Waals surface area contributed by atoms with Crippen LogP contribution in [0.5, 0.6) is 11.5 Å². The minimum atomic E-state index is -0.190. The first-order valence-corrected chi connectivity index (χ1v) is 10.0. The Kier molecular flexibility index (Phi) is 8.24. The normalized spacial score (nSPS) is 14.6. The van der Waals surface area contributed by atoms with E-state index in [1.807, 2.05) is 30.0 Å². The van der Waals surface area contributed by atoms with Crippen LogP contribution >= 0.6 is 12.4 Å². The lowest BCUT2D eigenvalue weighted by molar-refractivity contribution is 0.191. The maximum Gasteiger partial charge on any atom is 0.317 e. The van der Waals surface area contributed by atoms with Gasteiger partial charge in [-0.15, -0.1) is 12.4 Å². The first kappa shape index (κ1) is 23.7. The molecule has 0 saturated carbocycles. The predicted molar refractivity (Wildman–Crippen MR) is 123 cm³/mol. The highest BCUT2D eigenvalue weighted by Crippen LogP contribution is 2.29. The van der Waals surface area contributed by atoms with Crippen molar-refractivity contribution in [2.75, 3.05) is 45.3 Å². The van der Waals surface area contributed by atoms with E-state index >= 15 is 0 Å². The molecule has 0 spiro atoms. The second-order valence-electron chi connectivity index (χ2n) is 7.47. The number of nitrogens with zero attached hydrogens (tertiary/aromatic N) is 2. The molecule has 7 heteroatoms. The number of halogens is 1. The van der Waals surface area contributed by atoms with Crippen molar-refractivity contribution in [3.8, 4) is 11.5 Å². The minimum Gasteiger partial charge on any atom is -0.497 e. The van der Waals surface area contributed by atoms with Crippen LogP contribution in [0.2, 0.25) is 0 Å². The molecule has 0 radical (unpaired) electrons. The molecule has 1 N–H and O–H groups in total. The number of carbonyl (C=O) groups is 1. The van der Waals surface area contributed by atoms with E-state index < -0.39 is 0 Å². The molecular weight excluding hydrogens is 402 g/mol. The van der Waals surface area contributed by atoms with Gasteiger partial charge in [-0.3, -0.25) is 0 Å². The number of nitrogens with one attached hydrogen (secondary N) is 1. The van der Waals surface area contributed by atoms with Crippen LogP contribution in [0.1, 0.15) is 29.7 Å². The van der Waals surface area contributed by atoms with Gasteiger partial charge in [0.2, 0.25) is 0 Å². The van der Waals surface area contributed by atoms with E-state index in [4.69, 9.17) is 9.47 Å². The first-order chi connectivity index (χ1) is 13.9. The number of urea groups is 1. The Balaban J connectivity index is 0.00000320. The second-order valence-corrected chi connectivity index (χ2v) is 7.47. The van der Waals surface area contributed by atoms with Gasteiger partial charge in [0.15, 0.2) is 0 Å². The van der Waals surface area contributed by atoms with Crippen LogP contribution < -0.4 is 19.7 Å². The van der Waals surface area contributed by atoms with Gasteiger partial charge >= 0.3 is 6.03 Å². The lowest BCUT2D eigenvalue weighted by Crippen LogP contribution is -2.52. The van der Waals surface area contributed by atoms with Gasteiger partial charge in [0.1, 0.15) is 11.5 Å². The molecule has 2 amide bonds. The lowest BCUT2D eigenvalue weighted by atomic mass is 10.1. The number of methoxy groups -OCH3 is 2. The summed E-state index contributed by atoms with van der Waals surface area (Å²) >= 11 is 0. The van der Waals surface area contributed by atoms with Gasteiger partial charge in [0.25, 0.3) is 0 Å². The summed E-state index contributed by atoms with van der Waals surface area (Å²) in [5, 5.41) is 3.10. The molecule has 1 fully saturated rings. The number of benzene rings is 2. The van der Waals surface area contributed by atoms with Crippen molar-refractivity contribution in [2.45, 2.75) is 26.8 Å². The summed E-state index contributed by atoms with van der Waals surface area (Å²) in [6.07, 6.45) is 0. The van der Waals surface area contributed by atoms with E-state index in [-0.39, 0.29) is 24.5 Å². The van der Waals surface area contributed by atoms with Crippen molar-refractivity contribution in [3.63, 3.8) is 0 Å². The largest absolute Gasteiger partial charge is 0.497 e. The smallest absolute Gasteiger partial charge is 0.317 e. The topological polar surface area (TPSA) is 54.0 Å². The molecule has 3 rings (SSSR count). The van der Waals surface area contributed by atoms with Crippen LogP contribution in [0, 0.1) is 13.8 Å². The molecule has 1 saturated heterocycles. The highest BCUT2D eigenvalue weighted by atomic mass is 35.5. The number of aryl methyl sites for hydroxylation is 1. The van der Waals surface area contributed by atoms with Gasteiger partial charge in [0.05, 0.1) is 20.3 Å². The number of amides is 2. The lowest BCUT2D eigenvalue weighted by Gasteiger charge is -2.37. The van der Waals surface area contributed by atoms with Crippen LogP contribution in [-0.4, -0.2) is 51.3 Å². The molecule has 1 unspecified atom stereocenters. The van der Waals surface area contributed by atoms with Gasteiger partial charge < -0.3 is 24.6 Å². The number of hydrogen-bond acceptors (Lipinski definition) is 4. The molecule has 2 aromatic rings. The molecule has 1 atom stereocenters. The fraction of sp³-hybridized carbons (Fsp3) is 0.435. The zero-order chi connectivity index (χ0) is 21.0. The summed E-state index contributed by atoms with van der Waals surface area (Å²) < 4.78 is 10.8. The van der Waals surface area contributed by atoms with E-state index in [2.05, 4.69) is 42.3 Å². The fourth-order valence-electron chi connectivity index (χ4n) is 3.76. The number of ether oxygens (including phenoxy) is 2. The number of anilines is 1. The van der Waals surface area contributed by atoms with Gasteiger partial charge in [-0.25, -0.2) is 4.79 Å². The summed E-state index contributed by atoms with van der Waals surface area (Å²) in [7, 11) is 3.26. The molecule has 2 aromatic carbocycles. The third-order valence-corrected chi connectivity index (χ3v) is 5.73. The maximum absolute atomic E-state index is 12.8. The molecule has 0 aliphatic carbocycles. The molecule has 30 heavy (non-hydrogen) atoms. The maximum atomic E-state index is 12.8. The Morgan fingerprint density at radius 1 is 1.03 bits per heavy atom. The molecule has 0 aromatic heterocycles. The summed E-state index contributed by atoms with van der Waals surface area (Å²) in [4.78, 5) is 17.1. The highest BCUT2D eigenvalue weighted by molar-refractivity contribution is 5.85. The number of piperazine rings is 1. The highest BCUT2D eigenvalue weighted by Gasteiger charge is 2.24. The Morgan fingerprint density at radius 3 is 2.37 bits per heavy atom. The average Bonchev–Trinajstić information content (AvgIpc) is 2.75. The van der Waals surface area contributed by atoms with Gasteiger partial charge in [-0.1, -0.05) is 12.1 Å². The van der Waals surface area contributed by atoms with E-state index in [9.17, 15) is 4.79 Å². The first-order valence-electron chi connectivity index (χ1n) is 10.0. The van der Waals surface area contributed by atoms with Crippen molar-refractivity contribution in [3.05, 3.63) is 53.1 Å². The summed E-state index contributed by atoms with van der Waals surface area (Å²) in [6, 6.07) is 11.8. The van der Waals surface area contributed by atoms with Crippen molar-refractivity contribution in [1.29, 1.82) is 0 Å². The fourth-order valence-corrected chi connectivity index (χ4v) is 3.76. The zero-order valence-electron chi connectivity index (χ0n) is 18.4. The molecule has 6 nitrogen and oxygen atoms in total. The van der Waals surface area contributed by atoms with E-state index in [0.29, 0.717) is 13.1 Å². The predicted octanol–water partition coefficient (Wildman–Crippen LogP) is 4.34. The molecule has 0 bridgehead atoms. The Labute approximate surface area is 185 Å². The van der Waals surface area contributed by atoms with Crippen LogP contribution in [0.3, 0.4) is 0 Å². The van der Waals surface area contributed by atoms with E-state index in [1.54, 1.807) is 14.2 Å². The Bertz CT molecular complexity index is 867. The summed E-state index contributed by atoms with van der Waals surface area (Å²) in [6.45, 7) is 9.30. The van der Waals surface area contributed by atoms with Crippen molar-refractivity contribution in [1.82, 2.24) is 10.2 Å². The number of rotatable bonds is 5. The Hall–Kier alpha value is -2.60. The minimum absolute atomic E-state index is 0. The molecule has 1 heterocycles. The summed E-state index contributed by atoms with van der Waals surface area (Å²) in [5.74, 6) is 1.47. The van der Waals surface area contributed by atoms with Crippen molar-refractivity contribution < 1.29 is 14.3 Å². The van der Waals surface area contributed by atoms with Gasteiger partial charge in [0, 0.05) is 37.4 Å². The monoisotopic (exact) mass is 433 g/mol. The molecule has 1 aliphatic heterocycles. The average molecular weight is 434 g/mol.